The molecule has 1 aromatic heterocycles. The van der Waals surface area contributed by atoms with Gasteiger partial charge in [-0.1, -0.05) is 0 Å². The highest BCUT2D eigenvalue weighted by molar-refractivity contribution is 6.02. The van der Waals surface area contributed by atoms with Crippen LogP contribution in [-0.2, 0) is 15.7 Å². The second-order valence-electron chi connectivity index (χ2n) is 6.20. The standard InChI is InChI=1S/C18H17F3N2O4/c19-18(20,21)13-8-12(22-17(25)15-2-1-7-27-15)5-6-14(13)23-16(24)10-26-9-11-3-4-11/h1-2,5-8,11H,3-4,9-10H2,(H,22,25)(H,23,24). The molecule has 0 unspecified atom stereocenters. The quantitative estimate of drug-likeness (QED) is 0.761. The predicted octanol–water partition coefficient (Wildman–Crippen LogP) is 3.92. The number of carbonyl (C=O) groups excluding carboxylic acids is 2. The number of halogens is 3. The minimum Gasteiger partial charge on any atom is -0.459 e. The van der Waals surface area contributed by atoms with Crippen molar-refractivity contribution in [1.82, 2.24) is 0 Å². The molecule has 144 valence electrons. The van der Waals surface area contributed by atoms with E-state index >= 15 is 0 Å². The molecule has 2 amide bonds. The van der Waals surface area contributed by atoms with Gasteiger partial charge in [0.1, 0.15) is 6.61 Å². The van der Waals surface area contributed by atoms with Gasteiger partial charge in [0.15, 0.2) is 5.76 Å². The molecule has 1 fully saturated rings. The predicted molar refractivity (Wildman–Crippen MR) is 90.3 cm³/mol. The van der Waals surface area contributed by atoms with E-state index in [2.05, 4.69) is 10.6 Å². The molecule has 9 heteroatoms. The highest BCUT2D eigenvalue weighted by Gasteiger charge is 2.34. The number of hydrogen-bond donors (Lipinski definition) is 2. The minimum absolute atomic E-state index is 0.0336. The summed E-state index contributed by atoms with van der Waals surface area (Å²) in [6, 6.07) is 5.97. The summed E-state index contributed by atoms with van der Waals surface area (Å²) in [6.07, 6.45) is -1.35. The van der Waals surface area contributed by atoms with Crippen molar-refractivity contribution in [2.45, 2.75) is 19.0 Å². The molecule has 0 atom stereocenters. The van der Waals surface area contributed by atoms with Crippen molar-refractivity contribution in [2.75, 3.05) is 23.8 Å². The molecule has 0 aliphatic heterocycles. The molecule has 2 N–H and O–H groups in total. The zero-order valence-electron chi connectivity index (χ0n) is 14.1. The lowest BCUT2D eigenvalue weighted by molar-refractivity contribution is -0.137. The molecule has 0 radical (unpaired) electrons. The number of benzene rings is 1. The highest BCUT2D eigenvalue weighted by atomic mass is 19.4. The second-order valence-corrected chi connectivity index (χ2v) is 6.20. The molecule has 1 heterocycles. The summed E-state index contributed by atoms with van der Waals surface area (Å²) in [5.41, 5.74) is -1.56. The summed E-state index contributed by atoms with van der Waals surface area (Å²) < 4.78 is 50.1. The molecule has 1 aromatic carbocycles. The van der Waals surface area contributed by atoms with Crippen molar-refractivity contribution in [3.05, 3.63) is 47.9 Å². The summed E-state index contributed by atoms with van der Waals surface area (Å²) in [5.74, 6) is -0.943. The van der Waals surface area contributed by atoms with Crippen molar-refractivity contribution in [3.63, 3.8) is 0 Å². The Hall–Kier alpha value is -2.81. The lowest BCUT2D eigenvalue weighted by Gasteiger charge is -2.15. The van der Waals surface area contributed by atoms with E-state index in [0.29, 0.717) is 12.5 Å². The third-order valence-electron chi connectivity index (χ3n) is 3.89. The monoisotopic (exact) mass is 382 g/mol. The number of alkyl halides is 3. The van der Waals surface area contributed by atoms with Crippen molar-refractivity contribution in [3.8, 4) is 0 Å². The Morgan fingerprint density at radius 2 is 1.96 bits per heavy atom. The van der Waals surface area contributed by atoms with Crippen molar-refractivity contribution >= 4 is 23.2 Å². The van der Waals surface area contributed by atoms with Crippen molar-refractivity contribution < 1.29 is 31.9 Å². The van der Waals surface area contributed by atoms with Gasteiger partial charge in [-0.25, -0.2) is 0 Å². The summed E-state index contributed by atoms with van der Waals surface area (Å²) >= 11 is 0. The van der Waals surface area contributed by atoms with Gasteiger partial charge in [0.25, 0.3) is 5.91 Å². The molecule has 3 rings (SSSR count). The topological polar surface area (TPSA) is 80.6 Å². The fourth-order valence-corrected chi connectivity index (χ4v) is 2.36. The molecule has 0 spiro atoms. The smallest absolute Gasteiger partial charge is 0.418 e. The third kappa shape index (κ3) is 5.33. The second kappa shape index (κ2) is 7.83. The lowest BCUT2D eigenvalue weighted by atomic mass is 10.1. The van der Waals surface area contributed by atoms with E-state index in [-0.39, 0.29) is 18.1 Å². The highest BCUT2D eigenvalue weighted by Crippen LogP contribution is 2.36. The Kier molecular flexibility index (Phi) is 5.50. The number of anilines is 2. The first kappa shape index (κ1) is 19.0. The molecular weight excluding hydrogens is 365 g/mol. The van der Waals surface area contributed by atoms with E-state index < -0.39 is 29.2 Å². The van der Waals surface area contributed by atoms with Crippen LogP contribution in [0, 0.1) is 5.92 Å². The normalized spacial score (nSPS) is 14.0. The Bertz CT molecular complexity index is 815. The van der Waals surface area contributed by atoms with Crippen molar-refractivity contribution in [2.24, 2.45) is 5.92 Å². The molecule has 6 nitrogen and oxygen atoms in total. The average Bonchev–Trinajstić information content (AvgIpc) is 3.25. The molecule has 27 heavy (non-hydrogen) atoms. The average molecular weight is 382 g/mol. The first-order valence-corrected chi connectivity index (χ1v) is 8.26. The molecular formula is C18H17F3N2O4. The first-order chi connectivity index (χ1) is 12.8. The number of nitrogens with one attached hydrogen (secondary N) is 2. The molecule has 1 aliphatic rings. The van der Waals surface area contributed by atoms with Gasteiger partial charge >= 0.3 is 6.18 Å². The number of ether oxygens (including phenoxy) is 1. The number of furan rings is 1. The maximum atomic E-state index is 13.3. The van der Waals surface area contributed by atoms with Gasteiger partial charge in [-0.3, -0.25) is 9.59 Å². The first-order valence-electron chi connectivity index (χ1n) is 8.26. The number of hydrogen-bond acceptors (Lipinski definition) is 4. The summed E-state index contributed by atoms with van der Waals surface area (Å²) in [6.45, 7) is 0.113. The Balaban J connectivity index is 1.69. The lowest BCUT2D eigenvalue weighted by Crippen LogP contribution is -2.22. The fourth-order valence-electron chi connectivity index (χ4n) is 2.36. The fraction of sp³-hybridized carbons (Fsp3) is 0.333. The van der Waals surface area contributed by atoms with Gasteiger partial charge in [-0.05, 0) is 49.1 Å². The van der Waals surface area contributed by atoms with Crippen LogP contribution in [0.1, 0.15) is 29.0 Å². The number of carbonyl (C=O) groups is 2. The minimum atomic E-state index is -4.72. The molecule has 0 saturated heterocycles. The summed E-state index contributed by atoms with van der Waals surface area (Å²) in [5, 5.41) is 4.53. The Labute approximate surface area is 152 Å². The van der Waals surface area contributed by atoms with Crippen LogP contribution in [-0.4, -0.2) is 25.0 Å². The zero-order valence-corrected chi connectivity index (χ0v) is 14.1. The van der Waals surface area contributed by atoms with Crippen LogP contribution in [0.3, 0.4) is 0 Å². The molecule has 1 aliphatic carbocycles. The van der Waals surface area contributed by atoms with Crippen LogP contribution in [0.5, 0.6) is 0 Å². The van der Waals surface area contributed by atoms with E-state index in [9.17, 15) is 22.8 Å². The Morgan fingerprint density at radius 1 is 1.19 bits per heavy atom. The maximum Gasteiger partial charge on any atom is 0.418 e. The molecule has 1 saturated carbocycles. The largest absolute Gasteiger partial charge is 0.459 e. The van der Waals surface area contributed by atoms with Gasteiger partial charge in [0.05, 0.1) is 24.1 Å². The van der Waals surface area contributed by atoms with Gasteiger partial charge in [0, 0.05) is 5.69 Å². The molecule has 2 aromatic rings. The summed E-state index contributed by atoms with van der Waals surface area (Å²) in [7, 11) is 0. The number of amides is 2. The van der Waals surface area contributed by atoms with Crippen LogP contribution in [0.2, 0.25) is 0 Å². The van der Waals surface area contributed by atoms with E-state index in [1.807, 2.05) is 0 Å². The van der Waals surface area contributed by atoms with E-state index in [0.717, 1.165) is 25.0 Å². The van der Waals surface area contributed by atoms with Gasteiger partial charge in [-0.2, -0.15) is 13.2 Å². The zero-order chi connectivity index (χ0) is 19.4. The van der Waals surface area contributed by atoms with E-state index in [1.165, 1.54) is 24.5 Å². The van der Waals surface area contributed by atoms with Crippen LogP contribution in [0.25, 0.3) is 0 Å². The van der Waals surface area contributed by atoms with E-state index in [4.69, 9.17) is 9.15 Å². The van der Waals surface area contributed by atoms with Crippen LogP contribution < -0.4 is 10.6 Å². The third-order valence-corrected chi connectivity index (χ3v) is 3.89. The SMILES string of the molecule is O=C(COCC1CC1)Nc1ccc(NC(=O)c2ccco2)cc1C(F)(F)F. The van der Waals surface area contributed by atoms with Crippen LogP contribution in [0.15, 0.2) is 41.0 Å². The Morgan fingerprint density at radius 3 is 2.59 bits per heavy atom. The van der Waals surface area contributed by atoms with Gasteiger partial charge in [0.2, 0.25) is 5.91 Å². The van der Waals surface area contributed by atoms with E-state index in [1.54, 1.807) is 0 Å². The van der Waals surface area contributed by atoms with Crippen LogP contribution in [0.4, 0.5) is 24.5 Å². The van der Waals surface area contributed by atoms with Crippen LogP contribution >= 0.6 is 0 Å². The van der Waals surface area contributed by atoms with Crippen molar-refractivity contribution in [1.29, 1.82) is 0 Å². The van der Waals surface area contributed by atoms with Gasteiger partial charge < -0.3 is 19.8 Å². The van der Waals surface area contributed by atoms with Gasteiger partial charge in [-0.15, -0.1) is 0 Å². The molecule has 0 bridgehead atoms. The number of rotatable bonds is 7. The summed E-state index contributed by atoms with van der Waals surface area (Å²) in [4.78, 5) is 23.7. The maximum absolute atomic E-state index is 13.3.